The van der Waals surface area contributed by atoms with Crippen molar-refractivity contribution >= 4 is 17.7 Å². The predicted octanol–water partition coefficient (Wildman–Crippen LogP) is -0.894. The van der Waals surface area contributed by atoms with E-state index in [2.05, 4.69) is 10.6 Å². The van der Waals surface area contributed by atoms with Crippen molar-refractivity contribution in [3.63, 3.8) is 0 Å². The number of carbonyl (C=O) groups excluding carboxylic acids is 3. The largest absolute Gasteiger partial charge is 0.347 e. The Morgan fingerprint density at radius 3 is 2.35 bits per heavy atom. The van der Waals surface area contributed by atoms with E-state index in [1.54, 1.807) is 21.0 Å². The monoisotopic (exact) mass is 241 g/mol. The van der Waals surface area contributed by atoms with Crippen LogP contribution in [0.3, 0.4) is 0 Å². The van der Waals surface area contributed by atoms with E-state index in [1.165, 1.54) is 4.90 Å². The van der Waals surface area contributed by atoms with Crippen LogP contribution in [0, 0.1) is 5.92 Å². The highest BCUT2D eigenvalue weighted by molar-refractivity contribution is 5.90. The first-order chi connectivity index (χ1) is 7.91. The maximum absolute atomic E-state index is 11.5. The molecule has 6 heteroatoms. The summed E-state index contributed by atoms with van der Waals surface area (Å²) in [6.45, 7) is 1.54. The van der Waals surface area contributed by atoms with Gasteiger partial charge in [-0.2, -0.15) is 0 Å². The molecule has 0 radical (unpaired) electrons. The highest BCUT2D eigenvalue weighted by Gasteiger charge is 2.29. The van der Waals surface area contributed by atoms with Gasteiger partial charge in [-0.15, -0.1) is 0 Å². The van der Waals surface area contributed by atoms with Crippen molar-refractivity contribution in [3.05, 3.63) is 0 Å². The molecule has 0 aliphatic heterocycles. The van der Waals surface area contributed by atoms with Gasteiger partial charge in [0.15, 0.2) is 0 Å². The van der Waals surface area contributed by atoms with E-state index in [1.807, 2.05) is 0 Å². The highest BCUT2D eigenvalue weighted by atomic mass is 16.2. The van der Waals surface area contributed by atoms with Crippen molar-refractivity contribution in [3.8, 4) is 0 Å². The lowest BCUT2D eigenvalue weighted by atomic mass is 10.3. The van der Waals surface area contributed by atoms with E-state index >= 15 is 0 Å². The van der Waals surface area contributed by atoms with Gasteiger partial charge in [-0.1, -0.05) is 0 Å². The number of nitrogens with one attached hydrogen (secondary N) is 2. The highest BCUT2D eigenvalue weighted by Crippen LogP contribution is 2.28. The molecule has 1 aliphatic rings. The van der Waals surface area contributed by atoms with E-state index in [0.717, 1.165) is 12.8 Å². The summed E-state index contributed by atoms with van der Waals surface area (Å²) in [5, 5.41) is 5.07. The van der Waals surface area contributed by atoms with E-state index in [9.17, 15) is 14.4 Å². The molecule has 0 aromatic heterocycles. The first-order valence-electron chi connectivity index (χ1n) is 5.70. The summed E-state index contributed by atoms with van der Waals surface area (Å²) in [6.07, 6.45) is 1.81. The maximum atomic E-state index is 11.5. The third kappa shape index (κ3) is 4.42. The van der Waals surface area contributed by atoms with Gasteiger partial charge in [-0.25, -0.2) is 0 Å². The number of likely N-dealkylation sites (N-methyl/N-ethyl adjacent to an activating group) is 1. The van der Waals surface area contributed by atoms with Crippen molar-refractivity contribution in [2.75, 3.05) is 20.6 Å². The van der Waals surface area contributed by atoms with E-state index < -0.39 is 6.04 Å². The standard InChI is InChI=1S/C11H19N3O3/c1-7(11(17)14(2)3)13-9(15)6-12-10(16)8-4-5-8/h7-8H,4-6H2,1-3H3,(H,12,16)(H,13,15)/t7-/m0/s1. The number of rotatable bonds is 5. The molecular weight excluding hydrogens is 222 g/mol. The van der Waals surface area contributed by atoms with Crippen LogP contribution >= 0.6 is 0 Å². The molecule has 0 spiro atoms. The van der Waals surface area contributed by atoms with Gasteiger partial charge < -0.3 is 15.5 Å². The van der Waals surface area contributed by atoms with Gasteiger partial charge in [0.2, 0.25) is 17.7 Å². The zero-order chi connectivity index (χ0) is 13.0. The normalized spacial score (nSPS) is 15.9. The van der Waals surface area contributed by atoms with Crippen molar-refractivity contribution in [2.45, 2.75) is 25.8 Å². The zero-order valence-corrected chi connectivity index (χ0v) is 10.4. The smallest absolute Gasteiger partial charge is 0.244 e. The van der Waals surface area contributed by atoms with Gasteiger partial charge in [-0.05, 0) is 19.8 Å². The zero-order valence-electron chi connectivity index (χ0n) is 10.4. The first kappa shape index (κ1) is 13.5. The van der Waals surface area contributed by atoms with Gasteiger partial charge in [0, 0.05) is 20.0 Å². The Morgan fingerprint density at radius 2 is 1.88 bits per heavy atom. The Hall–Kier alpha value is -1.59. The van der Waals surface area contributed by atoms with Crippen LogP contribution in [0.2, 0.25) is 0 Å². The van der Waals surface area contributed by atoms with Gasteiger partial charge >= 0.3 is 0 Å². The molecule has 0 unspecified atom stereocenters. The van der Waals surface area contributed by atoms with Gasteiger partial charge in [0.1, 0.15) is 6.04 Å². The molecule has 1 rings (SSSR count). The van der Waals surface area contributed by atoms with Crippen LogP contribution in [0.5, 0.6) is 0 Å². The van der Waals surface area contributed by atoms with Crippen LogP contribution in [0.15, 0.2) is 0 Å². The minimum atomic E-state index is -0.574. The second-order valence-corrected chi connectivity index (χ2v) is 4.51. The summed E-state index contributed by atoms with van der Waals surface area (Å²) < 4.78 is 0. The molecule has 0 aromatic rings. The summed E-state index contributed by atoms with van der Waals surface area (Å²) in [6, 6.07) is -0.574. The van der Waals surface area contributed by atoms with Crippen molar-refractivity contribution in [2.24, 2.45) is 5.92 Å². The third-order valence-electron chi connectivity index (χ3n) is 2.56. The number of carbonyl (C=O) groups is 3. The van der Waals surface area contributed by atoms with Crippen LogP contribution in [0.1, 0.15) is 19.8 Å². The van der Waals surface area contributed by atoms with Crippen molar-refractivity contribution < 1.29 is 14.4 Å². The quantitative estimate of drug-likeness (QED) is 0.655. The molecule has 0 aromatic carbocycles. The maximum Gasteiger partial charge on any atom is 0.244 e. The SMILES string of the molecule is C[C@H](NC(=O)CNC(=O)C1CC1)C(=O)N(C)C. The van der Waals surface area contributed by atoms with Crippen molar-refractivity contribution in [1.82, 2.24) is 15.5 Å². The van der Waals surface area contributed by atoms with Gasteiger partial charge in [0.25, 0.3) is 0 Å². The summed E-state index contributed by atoms with van der Waals surface area (Å²) >= 11 is 0. The molecule has 1 aliphatic carbocycles. The lowest BCUT2D eigenvalue weighted by molar-refractivity contribution is -0.134. The van der Waals surface area contributed by atoms with Gasteiger partial charge in [-0.3, -0.25) is 14.4 Å². The Kier molecular flexibility index (Phi) is 4.48. The van der Waals surface area contributed by atoms with E-state index in [0.29, 0.717) is 0 Å². The minimum Gasteiger partial charge on any atom is -0.347 e. The molecule has 96 valence electrons. The molecule has 0 saturated heterocycles. The van der Waals surface area contributed by atoms with Crippen LogP contribution in [0.25, 0.3) is 0 Å². The summed E-state index contributed by atoms with van der Waals surface area (Å²) in [5.41, 5.74) is 0. The molecule has 2 N–H and O–H groups in total. The van der Waals surface area contributed by atoms with E-state index in [4.69, 9.17) is 0 Å². The molecule has 17 heavy (non-hydrogen) atoms. The molecular formula is C11H19N3O3. The second kappa shape index (κ2) is 5.65. The Bertz CT molecular complexity index is 324. The molecule has 1 saturated carbocycles. The molecule has 0 bridgehead atoms. The summed E-state index contributed by atoms with van der Waals surface area (Å²) in [4.78, 5) is 35.6. The number of hydrogen-bond acceptors (Lipinski definition) is 3. The predicted molar refractivity (Wildman–Crippen MR) is 62.0 cm³/mol. The molecule has 1 atom stereocenters. The molecule has 0 heterocycles. The first-order valence-corrected chi connectivity index (χ1v) is 5.70. The lowest BCUT2D eigenvalue weighted by Crippen LogP contribution is -2.47. The van der Waals surface area contributed by atoms with Crippen LogP contribution in [-0.2, 0) is 14.4 Å². The van der Waals surface area contributed by atoms with Crippen LogP contribution in [-0.4, -0.2) is 49.3 Å². The summed E-state index contributed by atoms with van der Waals surface area (Å²) in [7, 11) is 3.25. The Labute approximate surface area is 101 Å². The fourth-order valence-corrected chi connectivity index (χ4v) is 1.40. The molecule has 1 fully saturated rings. The lowest BCUT2D eigenvalue weighted by Gasteiger charge is -2.18. The Balaban J connectivity index is 2.23. The van der Waals surface area contributed by atoms with Gasteiger partial charge in [0.05, 0.1) is 6.54 Å². The van der Waals surface area contributed by atoms with E-state index in [-0.39, 0.29) is 30.2 Å². The average Bonchev–Trinajstić information content (AvgIpc) is 3.08. The number of amides is 3. The fraction of sp³-hybridized carbons (Fsp3) is 0.727. The molecule has 3 amide bonds. The fourth-order valence-electron chi connectivity index (χ4n) is 1.40. The topological polar surface area (TPSA) is 78.5 Å². The molecule has 6 nitrogen and oxygen atoms in total. The van der Waals surface area contributed by atoms with Crippen molar-refractivity contribution in [1.29, 1.82) is 0 Å². The van der Waals surface area contributed by atoms with Crippen LogP contribution < -0.4 is 10.6 Å². The van der Waals surface area contributed by atoms with Crippen LogP contribution in [0.4, 0.5) is 0 Å². The third-order valence-corrected chi connectivity index (χ3v) is 2.56. The average molecular weight is 241 g/mol. The minimum absolute atomic E-state index is 0.0691. The summed E-state index contributed by atoms with van der Waals surface area (Å²) in [5.74, 6) is -0.510. The second-order valence-electron chi connectivity index (χ2n) is 4.51. The Morgan fingerprint density at radius 1 is 1.29 bits per heavy atom. The number of nitrogens with zero attached hydrogens (tertiary/aromatic N) is 1. The number of hydrogen-bond donors (Lipinski definition) is 2.